The largest absolute Gasteiger partial charge is 0.496 e. The summed E-state index contributed by atoms with van der Waals surface area (Å²) < 4.78 is 11.0. The number of hydrogen-bond acceptors (Lipinski definition) is 4. The van der Waals surface area contributed by atoms with Gasteiger partial charge < -0.3 is 19.1 Å². The molecule has 1 saturated heterocycles. The van der Waals surface area contributed by atoms with Gasteiger partial charge in [0, 0.05) is 16.1 Å². The summed E-state index contributed by atoms with van der Waals surface area (Å²) in [5, 5.41) is 4.78. The van der Waals surface area contributed by atoms with Gasteiger partial charge in [-0.25, -0.2) is 0 Å². The van der Waals surface area contributed by atoms with Gasteiger partial charge in [-0.05, 0) is 31.2 Å². The summed E-state index contributed by atoms with van der Waals surface area (Å²) in [5.74, 6) is 2.26. The predicted octanol–water partition coefficient (Wildman–Crippen LogP) is 1.19. The first kappa shape index (κ1) is 19.9. The van der Waals surface area contributed by atoms with Crippen LogP contribution in [0.1, 0.15) is 17.0 Å². The molecule has 0 saturated carbocycles. The van der Waals surface area contributed by atoms with Crippen molar-refractivity contribution in [3.05, 3.63) is 64.5 Å². The zero-order chi connectivity index (χ0) is 20.2. The smallest absolute Gasteiger partial charge is 0.282 e. The van der Waals surface area contributed by atoms with Gasteiger partial charge in [0.15, 0.2) is 6.54 Å². The molecule has 3 aromatic rings. The van der Waals surface area contributed by atoms with Crippen LogP contribution >= 0.6 is 11.6 Å². The van der Waals surface area contributed by atoms with E-state index in [0.717, 1.165) is 50.6 Å². The molecule has 2 N–H and O–H groups in total. The standard InChI is InChI=1S/C22H25ClN4O2/c1-16-6-7-20(28-2)18(12-16)14-26-8-10-27(11-9-26)15-21-24-22(25-29-21)17-4-3-5-19(23)13-17/h3-7,12-13H,8-11,14-15H2,1-2H3/p+2. The van der Waals surface area contributed by atoms with E-state index < -0.39 is 0 Å². The Labute approximate surface area is 176 Å². The lowest BCUT2D eigenvalue weighted by atomic mass is 10.1. The summed E-state index contributed by atoms with van der Waals surface area (Å²) in [6, 6.07) is 13.9. The third-order valence-electron chi connectivity index (χ3n) is 5.49. The molecule has 2 aromatic carbocycles. The lowest BCUT2D eigenvalue weighted by molar-refractivity contribution is -1.02. The minimum Gasteiger partial charge on any atom is -0.496 e. The first-order valence-electron chi connectivity index (χ1n) is 10.00. The summed E-state index contributed by atoms with van der Waals surface area (Å²) in [6.45, 7) is 8.27. The van der Waals surface area contributed by atoms with Crippen molar-refractivity contribution in [3.8, 4) is 17.1 Å². The van der Waals surface area contributed by atoms with Crippen molar-refractivity contribution in [2.45, 2.75) is 20.0 Å². The van der Waals surface area contributed by atoms with Crippen LogP contribution in [0.3, 0.4) is 0 Å². The normalized spacial score (nSPS) is 19.3. The number of aromatic nitrogens is 2. The maximum absolute atomic E-state index is 6.06. The summed E-state index contributed by atoms with van der Waals surface area (Å²) in [5.41, 5.74) is 3.44. The van der Waals surface area contributed by atoms with Crippen LogP contribution in [0, 0.1) is 6.92 Å². The van der Waals surface area contributed by atoms with Crippen LogP contribution in [0.5, 0.6) is 5.75 Å². The fourth-order valence-corrected chi connectivity index (χ4v) is 4.10. The number of aryl methyl sites for hydroxylation is 1. The molecule has 152 valence electrons. The predicted molar refractivity (Wildman–Crippen MR) is 111 cm³/mol. The lowest BCUT2D eigenvalue weighted by Gasteiger charge is -2.29. The molecule has 1 aliphatic heterocycles. The number of quaternary nitrogens is 2. The van der Waals surface area contributed by atoms with Crippen LogP contribution in [0.4, 0.5) is 0 Å². The molecule has 6 nitrogen and oxygen atoms in total. The van der Waals surface area contributed by atoms with Crippen LogP contribution in [-0.2, 0) is 13.1 Å². The molecule has 4 rings (SSSR count). The van der Waals surface area contributed by atoms with E-state index in [-0.39, 0.29) is 0 Å². The summed E-state index contributed by atoms with van der Waals surface area (Å²) >= 11 is 6.06. The molecule has 7 heteroatoms. The van der Waals surface area contributed by atoms with Gasteiger partial charge in [0.1, 0.15) is 38.5 Å². The minimum absolute atomic E-state index is 0.595. The van der Waals surface area contributed by atoms with E-state index in [4.69, 9.17) is 20.9 Å². The SMILES string of the molecule is COc1ccc(C)cc1C[NH+]1CC[NH+](Cc2nc(-c3cccc(Cl)c3)no2)CC1. The number of methoxy groups -OCH3 is 1. The third kappa shape index (κ3) is 4.96. The van der Waals surface area contributed by atoms with Crippen LogP contribution in [0.25, 0.3) is 11.4 Å². The molecule has 0 spiro atoms. The third-order valence-corrected chi connectivity index (χ3v) is 5.73. The Balaban J connectivity index is 1.32. The second-order valence-electron chi connectivity index (χ2n) is 7.69. The number of ether oxygens (including phenoxy) is 1. The van der Waals surface area contributed by atoms with Crippen molar-refractivity contribution in [2.75, 3.05) is 33.3 Å². The van der Waals surface area contributed by atoms with Crippen molar-refractivity contribution in [2.24, 2.45) is 0 Å². The van der Waals surface area contributed by atoms with Gasteiger partial charge in [-0.2, -0.15) is 4.98 Å². The summed E-state index contributed by atoms with van der Waals surface area (Å²) in [6.07, 6.45) is 0. The number of halogens is 1. The Morgan fingerprint density at radius 3 is 2.52 bits per heavy atom. The van der Waals surface area contributed by atoms with Crippen LogP contribution in [0.15, 0.2) is 47.0 Å². The highest BCUT2D eigenvalue weighted by Crippen LogP contribution is 2.20. The zero-order valence-electron chi connectivity index (χ0n) is 16.9. The molecule has 2 heterocycles. The Bertz CT molecular complexity index is 967. The number of hydrogen-bond donors (Lipinski definition) is 2. The molecule has 0 unspecified atom stereocenters. The van der Waals surface area contributed by atoms with Crippen molar-refractivity contribution in [1.82, 2.24) is 10.1 Å². The molecule has 0 radical (unpaired) electrons. The Kier molecular flexibility index (Phi) is 6.13. The Morgan fingerprint density at radius 1 is 1.03 bits per heavy atom. The molecular formula is C22H27ClN4O2+2. The number of piperazine rings is 1. The highest BCUT2D eigenvalue weighted by atomic mass is 35.5. The molecule has 0 bridgehead atoms. The molecule has 29 heavy (non-hydrogen) atoms. The molecule has 1 aromatic heterocycles. The Morgan fingerprint density at radius 2 is 1.79 bits per heavy atom. The van der Waals surface area contributed by atoms with Gasteiger partial charge >= 0.3 is 0 Å². The number of nitrogens with one attached hydrogen (secondary N) is 2. The van der Waals surface area contributed by atoms with Crippen molar-refractivity contribution in [3.63, 3.8) is 0 Å². The molecule has 0 atom stereocenters. The van der Waals surface area contributed by atoms with Crippen molar-refractivity contribution < 1.29 is 19.1 Å². The van der Waals surface area contributed by atoms with Gasteiger partial charge in [-0.1, -0.05) is 40.5 Å². The van der Waals surface area contributed by atoms with E-state index >= 15 is 0 Å². The first-order chi connectivity index (χ1) is 14.1. The average molecular weight is 415 g/mol. The molecular weight excluding hydrogens is 388 g/mol. The monoisotopic (exact) mass is 414 g/mol. The van der Waals surface area contributed by atoms with Gasteiger partial charge in [0.2, 0.25) is 5.82 Å². The zero-order valence-corrected chi connectivity index (χ0v) is 17.6. The molecule has 0 amide bonds. The van der Waals surface area contributed by atoms with Crippen LogP contribution in [0.2, 0.25) is 5.02 Å². The second-order valence-corrected chi connectivity index (χ2v) is 8.13. The van der Waals surface area contributed by atoms with E-state index in [1.54, 1.807) is 12.0 Å². The fraction of sp³-hybridized carbons (Fsp3) is 0.364. The molecule has 1 fully saturated rings. The topological polar surface area (TPSA) is 57.0 Å². The van der Waals surface area contributed by atoms with E-state index in [9.17, 15) is 0 Å². The Hall–Kier alpha value is -2.41. The van der Waals surface area contributed by atoms with Crippen LogP contribution in [-0.4, -0.2) is 43.4 Å². The van der Waals surface area contributed by atoms with E-state index in [0.29, 0.717) is 16.7 Å². The lowest BCUT2D eigenvalue weighted by Crippen LogP contribution is -3.27. The van der Waals surface area contributed by atoms with Gasteiger partial charge in [0.05, 0.1) is 7.11 Å². The first-order valence-corrected chi connectivity index (χ1v) is 10.4. The van der Waals surface area contributed by atoms with Crippen molar-refractivity contribution >= 4 is 11.6 Å². The summed E-state index contributed by atoms with van der Waals surface area (Å²) in [7, 11) is 1.74. The van der Waals surface area contributed by atoms with E-state index in [1.807, 2.05) is 24.3 Å². The van der Waals surface area contributed by atoms with E-state index in [2.05, 4.69) is 35.3 Å². The maximum Gasteiger partial charge on any atom is 0.282 e. The molecule has 1 aliphatic rings. The number of rotatable bonds is 6. The van der Waals surface area contributed by atoms with Gasteiger partial charge in [-0.15, -0.1) is 0 Å². The quantitative estimate of drug-likeness (QED) is 0.636. The summed E-state index contributed by atoms with van der Waals surface area (Å²) in [4.78, 5) is 7.62. The number of nitrogens with zero attached hydrogens (tertiary/aromatic N) is 2. The van der Waals surface area contributed by atoms with E-state index in [1.165, 1.54) is 16.0 Å². The average Bonchev–Trinajstić information content (AvgIpc) is 3.18. The maximum atomic E-state index is 6.06. The highest BCUT2D eigenvalue weighted by molar-refractivity contribution is 6.30. The van der Waals surface area contributed by atoms with Gasteiger partial charge in [0.25, 0.3) is 5.89 Å². The van der Waals surface area contributed by atoms with Crippen LogP contribution < -0.4 is 14.5 Å². The number of benzene rings is 2. The second kappa shape index (κ2) is 8.95. The molecule has 0 aliphatic carbocycles. The highest BCUT2D eigenvalue weighted by Gasteiger charge is 2.26. The fourth-order valence-electron chi connectivity index (χ4n) is 3.91. The minimum atomic E-state index is 0.595. The van der Waals surface area contributed by atoms with Gasteiger partial charge in [-0.3, -0.25) is 0 Å². The van der Waals surface area contributed by atoms with Crippen molar-refractivity contribution in [1.29, 1.82) is 0 Å².